The van der Waals surface area contributed by atoms with Crippen LogP contribution in [0.5, 0.6) is 0 Å². The van der Waals surface area contributed by atoms with Crippen LogP contribution in [0.2, 0.25) is 0 Å². The van der Waals surface area contributed by atoms with E-state index in [0.29, 0.717) is 6.10 Å². The van der Waals surface area contributed by atoms with Gasteiger partial charge in [-0.2, -0.15) is 4.68 Å². The molecule has 1 aromatic carbocycles. The zero-order chi connectivity index (χ0) is 14.7. The van der Waals surface area contributed by atoms with Gasteiger partial charge in [0.2, 0.25) is 0 Å². The molecule has 1 fully saturated rings. The largest absolute Gasteiger partial charge is 0.381 e. The lowest BCUT2D eigenvalue weighted by atomic mass is 10.1. The molecule has 0 amide bonds. The van der Waals surface area contributed by atoms with Crippen LogP contribution < -0.4 is 0 Å². The molecule has 0 saturated carbocycles. The van der Waals surface area contributed by atoms with E-state index in [1.54, 1.807) is 7.11 Å². The van der Waals surface area contributed by atoms with E-state index in [4.69, 9.17) is 4.74 Å². The molecule has 1 aliphatic heterocycles. The Morgan fingerprint density at radius 1 is 1.19 bits per heavy atom. The van der Waals surface area contributed by atoms with Gasteiger partial charge in [-0.1, -0.05) is 18.2 Å². The first-order valence-electron chi connectivity index (χ1n) is 7.40. The van der Waals surface area contributed by atoms with Crippen molar-refractivity contribution >= 4 is 0 Å². The second-order valence-corrected chi connectivity index (χ2v) is 5.43. The monoisotopic (exact) mass is 287 g/mol. The fourth-order valence-electron chi connectivity index (χ4n) is 2.87. The first-order valence-corrected chi connectivity index (χ1v) is 7.40. The van der Waals surface area contributed by atoms with Gasteiger partial charge < -0.3 is 4.74 Å². The Balaban J connectivity index is 1.77. The summed E-state index contributed by atoms with van der Waals surface area (Å²) in [5.41, 5.74) is 0.996. The number of nitrogens with zero attached hydrogens (tertiary/aromatic N) is 5. The van der Waals surface area contributed by atoms with E-state index in [-0.39, 0.29) is 6.04 Å². The van der Waals surface area contributed by atoms with E-state index in [9.17, 15) is 0 Å². The first kappa shape index (κ1) is 14.2. The maximum Gasteiger partial charge on any atom is 0.173 e. The van der Waals surface area contributed by atoms with Crippen LogP contribution in [0, 0.1) is 0 Å². The third-order valence-corrected chi connectivity index (χ3v) is 4.23. The maximum atomic E-state index is 5.43. The Labute approximate surface area is 124 Å². The number of rotatable bonds is 4. The predicted octanol–water partition coefficient (Wildman–Crippen LogP) is 1.83. The molecular weight excluding hydrogens is 266 g/mol. The highest BCUT2D eigenvalue weighted by molar-refractivity contribution is 5.30. The van der Waals surface area contributed by atoms with Gasteiger partial charge in [0, 0.05) is 20.2 Å². The molecule has 0 spiro atoms. The predicted molar refractivity (Wildman–Crippen MR) is 79.2 cm³/mol. The second-order valence-electron chi connectivity index (χ2n) is 5.43. The molecule has 0 N–H and O–H groups in total. The van der Waals surface area contributed by atoms with E-state index in [1.165, 1.54) is 0 Å². The number of tetrazole rings is 1. The van der Waals surface area contributed by atoms with Gasteiger partial charge in [0.25, 0.3) is 0 Å². The summed E-state index contributed by atoms with van der Waals surface area (Å²) in [7, 11) is 1.79. The first-order chi connectivity index (χ1) is 10.3. The Bertz CT molecular complexity index is 562. The molecule has 0 radical (unpaired) electrons. The van der Waals surface area contributed by atoms with Gasteiger partial charge in [0.05, 0.1) is 17.8 Å². The average molecular weight is 287 g/mol. The highest BCUT2D eigenvalue weighted by atomic mass is 16.5. The third kappa shape index (κ3) is 2.96. The molecule has 1 atom stereocenters. The second kappa shape index (κ2) is 6.32. The van der Waals surface area contributed by atoms with Crippen molar-refractivity contribution in [2.75, 3.05) is 20.2 Å². The number of piperidine rings is 1. The van der Waals surface area contributed by atoms with Gasteiger partial charge in [-0.25, -0.2) is 0 Å². The minimum Gasteiger partial charge on any atom is -0.381 e. The lowest BCUT2D eigenvalue weighted by Crippen LogP contribution is -2.39. The molecular formula is C15H21N5O. The van der Waals surface area contributed by atoms with Crippen molar-refractivity contribution in [3.05, 3.63) is 36.2 Å². The number of benzene rings is 1. The summed E-state index contributed by atoms with van der Waals surface area (Å²) in [4.78, 5) is 2.42. The summed E-state index contributed by atoms with van der Waals surface area (Å²) in [5.74, 6) is 0.886. The fourth-order valence-corrected chi connectivity index (χ4v) is 2.87. The molecule has 21 heavy (non-hydrogen) atoms. The highest BCUT2D eigenvalue weighted by Gasteiger charge is 2.26. The SMILES string of the molecule is COC1CCN([C@@H](C)c2nnnn2-c2ccccc2)CC1. The summed E-state index contributed by atoms with van der Waals surface area (Å²) in [6, 6.07) is 10.2. The Hall–Kier alpha value is -1.79. The average Bonchev–Trinajstić information content (AvgIpc) is 3.04. The van der Waals surface area contributed by atoms with Gasteiger partial charge in [0.15, 0.2) is 5.82 Å². The number of hydrogen-bond acceptors (Lipinski definition) is 5. The van der Waals surface area contributed by atoms with E-state index in [0.717, 1.165) is 37.4 Å². The third-order valence-electron chi connectivity index (χ3n) is 4.23. The Morgan fingerprint density at radius 2 is 1.90 bits per heavy atom. The van der Waals surface area contributed by atoms with Crippen molar-refractivity contribution in [3.8, 4) is 5.69 Å². The van der Waals surface area contributed by atoms with Crippen LogP contribution in [-0.2, 0) is 4.74 Å². The molecule has 2 aromatic rings. The van der Waals surface area contributed by atoms with Gasteiger partial charge >= 0.3 is 0 Å². The van der Waals surface area contributed by atoms with Gasteiger partial charge in [-0.15, -0.1) is 5.10 Å². The molecule has 2 heterocycles. The lowest BCUT2D eigenvalue weighted by Gasteiger charge is -2.34. The number of ether oxygens (including phenoxy) is 1. The molecule has 6 heteroatoms. The zero-order valence-electron chi connectivity index (χ0n) is 12.5. The number of hydrogen-bond donors (Lipinski definition) is 0. The van der Waals surface area contributed by atoms with Crippen molar-refractivity contribution in [2.24, 2.45) is 0 Å². The molecule has 0 unspecified atom stereocenters. The number of methoxy groups -OCH3 is 1. The molecule has 0 aliphatic carbocycles. The number of para-hydroxylation sites is 1. The minimum absolute atomic E-state index is 0.193. The highest BCUT2D eigenvalue weighted by Crippen LogP contribution is 2.24. The fraction of sp³-hybridized carbons (Fsp3) is 0.533. The quantitative estimate of drug-likeness (QED) is 0.858. The smallest absolute Gasteiger partial charge is 0.173 e. The molecule has 6 nitrogen and oxygen atoms in total. The summed E-state index contributed by atoms with van der Waals surface area (Å²) < 4.78 is 7.26. The summed E-state index contributed by atoms with van der Waals surface area (Å²) in [6.07, 6.45) is 2.51. The standard InChI is InChI=1S/C15H21N5O/c1-12(19-10-8-14(21-2)9-11-19)15-16-17-18-20(15)13-6-4-3-5-7-13/h3-7,12,14H,8-11H2,1-2H3/t12-/m0/s1. The molecule has 112 valence electrons. The molecule has 0 bridgehead atoms. The van der Waals surface area contributed by atoms with Gasteiger partial charge in [0.1, 0.15) is 0 Å². The van der Waals surface area contributed by atoms with Crippen molar-refractivity contribution in [1.29, 1.82) is 0 Å². The number of likely N-dealkylation sites (tertiary alicyclic amines) is 1. The summed E-state index contributed by atoms with van der Waals surface area (Å²) >= 11 is 0. The summed E-state index contributed by atoms with van der Waals surface area (Å²) in [6.45, 7) is 4.20. The normalized spacial score (nSPS) is 18.8. The molecule has 1 aromatic heterocycles. The van der Waals surface area contributed by atoms with Gasteiger partial charge in [-0.3, -0.25) is 4.90 Å². The molecule has 3 rings (SSSR count). The van der Waals surface area contributed by atoms with E-state index >= 15 is 0 Å². The van der Waals surface area contributed by atoms with Crippen molar-refractivity contribution in [1.82, 2.24) is 25.1 Å². The summed E-state index contributed by atoms with van der Waals surface area (Å²) in [5, 5.41) is 12.2. The number of aromatic nitrogens is 4. The van der Waals surface area contributed by atoms with E-state index in [1.807, 2.05) is 35.0 Å². The Kier molecular flexibility index (Phi) is 4.26. The lowest BCUT2D eigenvalue weighted by molar-refractivity contribution is 0.0279. The van der Waals surface area contributed by atoms with Crippen LogP contribution in [-0.4, -0.2) is 51.4 Å². The van der Waals surface area contributed by atoms with Crippen LogP contribution in [0.1, 0.15) is 31.6 Å². The van der Waals surface area contributed by atoms with E-state index in [2.05, 4.69) is 27.3 Å². The van der Waals surface area contributed by atoms with Crippen LogP contribution in [0.4, 0.5) is 0 Å². The minimum atomic E-state index is 0.193. The van der Waals surface area contributed by atoms with Crippen LogP contribution in [0.3, 0.4) is 0 Å². The van der Waals surface area contributed by atoms with E-state index < -0.39 is 0 Å². The van der Waals surface area contributed by atoms with Crippen molar-refractivity contribution in [3.63, 3.8) is 0 Å². The van der Waals surface area contributed by atoms with Crippen molar-refractivity contribution < 1.29 is 4.74 Å². The molecule has 1 aliphatic rings. The van der Waals surface area contributed by atoms with Crippen molar-refractivity contribution in [2.45, 2.75) is 31.9 Å². The Morgan fingerprint density at radius 3 is 2.57 bits per heavy atom. The zero-order valence-corrected chi connectivity index (χ0v) is 12.5. The van der Waals surface area contributed by atoms with Crippen LogP contribution in [0.15, 0.2) is 30.3 Å². The van der Waals surface area contributed by atoms with Crippen LogP contribution in [0.25, 0.3) is 5.69 Å². The maximum absolute atomic E-state index is 5.43. The van der Waals surface area contributed by atoms with Crippen LogP contribution >= 0.6 is 0 Å². The van der Waals surface area contributed by atoms with Gasteiger partial charge in [-0.05, 0) is 42.3 Å². The topological polar surface area (TPSA) is 56.1 Å². The molecule has 1 saturated heterocycles.